The van der Waals surface area contributed by atoms with Crippen molar-refractivity contribution in [2.45, 2.75) is 74.7 Å². The van der Waals surface area contributed by atoms with Gasteiger partial charge in [-0.3, -0.25) is 0 Å². The average molecular weight is 317 g/mol. The minimum absolute atomic E-state index is 0. The Balaban J connectivity index is 0.00000156. The summed E-state index contributed by atoms with van der Waals surface area (Å²) >= 11 is 0. The molecule has 3 saturated carbocycles. The maximum absolute atomic E-state index is 2.60. The van der Waals surface area contributed by atoms with E-state index in [4.69, 9.17) is 0 Å². The van der Waals surface area contributed by atoms with Crippen LogP contribution < -0.4 is 0 Å². The molecule has 4 rings (SSSR count). The van der Waals surface area contributed by atoms with E-state index in [0.717, 1.165) is 47.3 Å². The summed E-state index contributed by atoms with van der Waals surface area (Å²) in [4.78, 5) is 0. The van der Waals surface area contributed by atoms with Gasteiger partial charge in [0.2, 0.25) is 0 Å². The van der Waals surface area contributed by atoms with Crippen LogP contribution in [0.3, 0.4) is 0 Å². The third-order valence-corrected chi connectivity index (χ3v) is 9.39. The van der Waals surface area contributed by atoms with Gasteiger partial charge in [0.05, 0.1) is 0 Å². The zero-order valence-electron chi connectivity index (χ0n) is 15.6. The Hall–Kier alpha value is -0.260. The van der Waals surface area contributed by atoms with E-state index in [1.165, 1.54) is 25.7 Å². The van der Waals surface area contributed by atoms with Crippen LogP contribution in [-0.4, -0.2) is 0 Å². The first-order valence-corrected chi connectivity index (χ1v) is 9.91. The van der Waals surface area contributed by atoms with Crippen molar-refractivity contribution in [2.24, 2.45) is 58.2 Å². The molecule has 0 aromatic heterocycles. The van der Waals surface area contributed by atoms with E-state index in [2.05, 4.69) is 53.7 Å². The van der Waals surface area contributed by atoms with E-state index in [1.54, 1.807) is 0 Å². The van der Waals surface area contributed by atoms with Crippen LogP contribution in [0.4, 0.5) is 0 Å². The van der Waals surface area contributed by atoms with E-state index < -0.39 is 0 Å². The third-order valence-electron chi connectivity index (χ3n) is 9.39. The van der Waals surface area contributed by atoms with E-state index in [1.807, 2.05) is 0 Å². The van der Waals surface area contributed by atoms with E-state index in [-0.39, 0.29) is 7.43 Å². The van der Waals surface area contributed by atoms with Gasteiger partial charge >= 0.3 is 0 Å². The largest absolute Gasteiger partial charge is 0.0846 e. The summed E-state index contributed by atoms with van der Waals surface area (Å²) in [5.41, 5.74) is 1.10. The monoisotopic (exact) mass is 316 g/mol. The van der Waals surface area contributed by atoms with Crippen LogP contribution in [0.2, 0.25) is 0 Å². The molecule has 4 aliphatic carbocycles. The summed E-state index contributed by atoms with van der Waals surface area (Å²) < 4.78 is 0. The molecule has 0 saturated heterocycles. The van der Waals surface area contributed by atoms with Crippen molar-refractivity contribution in [2.75, 3.05) is 0 Å². The summed E-state index contributed by atoms with van der Waals surface area (Å²) in [7, 11) is 0. The van der Waals surface area contributed by atoms with Gasteiger partial charge in [-0.2, -0.15) is 0 Å². The van der Waals surface area contributed by atoms with Crippen LogP contribution in [0.25, 0.3) is 0 Å². The molecule has 0 N–H and O–H groups in total. The predicted molar refractivity (Wildman–Crippen MR) is 101 cm³/mol. The second-order valence-electron chi connectivity index (χ2n) is 10.6. The van der Waals surface area contributed by atoms with Gasteiger partial charge in [-0.1, -0.05) is 61.1 Å². The van der Waals surface area contributed by atoms with E-state index in [0.29, 0.717) is 10.8 Å². The minimum atomic E-state index is 0. The average Bonchev–Trinajstić information content (AvgIpc) is 2.66. The molecule has 0 aliphatic heterocycles. The quantitative estimate of drug-likeness (QED) is 0.430. The Kier molecular flexibility index (Phi) is 4.10. The standard InChI is InChI=1S/C22H36.CH4/c1-13-14(2)20-12-16-10-18-8-7-17(21(18,3)4)9-15(16)11-19(13)22(20,5)6;/h7-8,13-20H,9-12H2,1-6H3;1H4. The summed E-state index contributed by atoms with van der Waals surface area (Å²) in [6, 6.07) is 0. The first kappa shape index (κ1) is 17.6. The van der Waals surface area contributed by atoms with E-state index >= 15 is 0 Å². The molecule has 23 heavy (non-hydrogen) atoms. The second-order valence-corrected chi connectivity index (χ2v) is 10.6. The molecule has 0 spiro atoms. The molecule has 4 bridgehead atoms. The van der Waals surface area contributed by atoms with Gasteiger partial charge in [0.25, 0.3) is 0 Å². The maximum Gasteiger partial charge on any atom is -0.0174 e. The molecular weight excluding hydrogens is 276 g/mol. The van der Waals surface area contributed by atoms with Gasteiger partial charge in [-0.05, 0) is 83.9 Å². The van der Waals surface area contributed by atoms with Crippen molar-refractivity contribution in [1.82, 2.24) is 0 Å². The fourth-order valence-corrected chi connectivity index (χ4v) is 7.47. The highest BCUT2D eigenvalue weighted by Gasteiger charge is 2.57. The molecule has 0 heteroatoms. The molecular formula is C23H40. The lowest BCUT2D eigenvalue weighted by atomic mass is 9.70. The Morgan fingerprint density at radius 1 is 0.652 bits per heavy atom. The molecule has 8 unspecified atom stereocenters. The molecule has 0 amide bonds. The fourth-order valence-electron chi connectivity index (χ4n) is 7.47. The lowest BCUT2D eigenvalue weighted by molar-refractivity contribution is 0.151. The van der Waals surface area contributed by atoms with Gasteiger partial charge in [0.1, 0.15) is 0 Å². The molecule has 0 nitrogen and oxygen atoms in total. The van der Waals surface area contributed by atoms with Crippen molar-refractivity contribution in [3.63, 3.8) is 0 Å². The SMILES string of the molecule is C.CC1C(C)C2CC3CC4C=CC(CC3CC1C2(C)C)C4(C)C. The molecule has 132 valence electrons. The number of hydrogen-bond acceptors (Lipinski definition) is 0. The lowest BCUT2D eigenvalue weighted by Gasteiger charge is -2.34. The smallest absolute Gasteiger partial charge is 0.0174 e. The highest BCUT2D eigenvalue weighted by atomic mass is 14.6. The highest BCUT2D eigenvalue weighted by Crippen LogP contribution is 2.64. The van der Waals surface area contributed by atoms with Crippen molar-refractivity contribution in [1.29, 1.82) is 0 Å². The molecule has 3 fully saturated rings. The van der Waals surface area contributed by atoms with Crippen molar-refractivity contribution in [3.8, 4) is 0 Å². The van der Waals surface area contributed by atoms with Crippen molar-refractivity contribution >= 4 is 0 Å². The fraction of sp³-hybridized carbons (Fsp3) is 0.913. The molecule has 4 aliphatic rings. The summed E-state index contributed by atoms with van der Waals surface area (Å²) in [6.45, 7) is 15.4. The Bertz CT molecular complexity index is 442. The topological polar surface area (TPSA) is 0 Å². The zero-order chi connectivity index (χ0) is 15.9. The van der Waals surface area contributed by atoms with Gasteiger partial charge in [0.15, 0.2) is 0 Å². The molecule has 8 atom stereocenters. The lowest BCUT2D eigenvalue weighted by Crippen LogP contribution is -2.27. The van der Waals surface area contributed by atoms with Gasteiger partial charge < -0.3 is 0 Å². The first-order chi connectivity index (χ1) is 10.2. The summed E-state index contributed by atoms with van der Waals surface area (Å²) in [5.74, 6) is 7.50. The molecule has 0 aromatic carbocycles. The Labute approximate surface area is 145 Å². The van der Waals surface area contributed by atoms with Crippen LogP contribution in [0.1, 0.15) is 74.7 Å². The minimum Gasteiger partial charge on any atom is -0.0846 e. The van der Waals surface area contributed by atoms with Gasteiger partial charge in [0, 0.05) is 0 Å². The van der Waals surface area contributed by atoms with Crippen molar-refractivity contribution in [3.05, 3.63) is 12.2 Å². The van der Waals surface area contributed by atoms with E-state index in [9.17, 15) is 0 Å². The zero-order valence-corrected chi connectivity index (χ0v) is 15.6. The van der Waals surface area contributed by atoms with Crippen LogP contribution in [0.5, 0.6) is 0 Å². The highest BCUT2D eigenvalue weighted by molar-refractivity contribution is 5.15. The number of allylic oxidation sites excluding steroid dienone is 2. The summed E-state index contributed by atoms with van der Waals surface area (Å²) in [5, 5.41) is 0. The first-order valence-electron chi connectivity index (χ1n) is 9.91. The normalized spacial score (nSPS) is 52.3. The van der Waals surface area contributed by atoms with Crippen LogP contribution in [0, 0.1) is 58.2 Å². The van der Waals surface area contributed by atoms with Crippen LogP contribution in [-0.2, 0) is 0 Å². The molecule has 0 heterocycles. The number of rotatable bonds is 0. The van der Waals surface area contributed by atoms with Crippen LogP contribution in [0.15, 0.2) is 12.2 Å². The second kappa shape index (κ2) is 5.37. The third kappa shape index (κ3) is 2.30. The van der Waals surface area contributed by atoms with Crippen molar-refractivity contribution < 1.29 is 0 Å². The van der Waals surface area contributed by atoms with Gasteiger partial charge in [-0.25, -0.2) is 0 Å². The van der Waals surface area contributed by atoms with Crippen LogP contribution >= 0.6 is 0 Å². The number of fused-ring (bicyclic) bond motifs is 5. The number of hydrogen-bond donors (Lipinski definition) is 0. The Morgan fingerprint density at radius 3 is 1.43 bits per heavy atom. The summed E-state index contributed by atoms with van der Waals surface area (Å²) in [6.07, 6.45) is 11.2. The Morgan fingerprint density at radius 2 is 1.04 bits per heavy atom. The molecule has 0 radical (unpaired) electrons. The predicted octanol–water partition coefficient (Wildman–Crippen LogP) is 6.82. The van der Waals surface area contributed by atoms with Gasteiger partial charge in [-0.15, -0.1) is 0 Å². The maximum atomic E-state index is 2.60. The molecule has 0 aromatic rings.